The molecule has 0 atom stereocenters. The molecule has 0 radical (unpaired) electrons. The number of rotatable bonds is 6. The van der Waals surface area contributed by atoms with Crippen molar-refractivity contribution in [3.8, 4) is 0 Å². The van der Waals surface area contributed by atoms with Crippen molar-refractivity contribution in [3.63, 3.8) is 0 Å². The number of hydrogen-bond acceptors (Lipinski definition) is 2. The summed E-state index contributed by atoms with van der Waals surface area (Å²) in [6.45, 7) is -0.373. The minimum Gasteiger partial charge on any atom is -0.481 e. The Morgan fingerprint density at radius 2 is 1.94 bits per heavy atom. The number of halogens is 2. The second-order valence-electron chi connectivity index (χ2n) is 3.95. The highest BCUT2D eigenvalue weighted by Gasteiger charge is 2.32. The summed E-state index contributed by atoms with van der Waals surface area (Å²) < 4.78 is 27.5. The number of carbonyl (C=O) groups is 1. The van der Waals surface area contributed by atoms with E-state index in [0.717, 1.165) is 0 Å². The lowest BCUT2D eigenvalue weighted by atomic mass is 10.1. The van der Waals surface area contributed by atoms with Gasteiger partial charge in [-0.2, -0.15) is 8.78 Å². The molecule has 1 N–H and O–H groups in total. The van der Waals surface area contributed by atoms with Gasteiger partial charge >= 0.3 is 5.97 Å². The number of aliphatic carboxylic acids is 1. The van der Waals surface area contributed by atoms with Crippen LogP contribution < -0.4 is 0 Å². The summed E-state index contributed by atoms with van der Waals surface area (Å²) in [6.07, 6.45) is -0.138. The van der Waals surface area contributed by atoms with Gasteiger partial charge in [-0.1, -0.05) is 30.3 Å². The molecule has 0 spiro atoms. The van der Waals surface area contributed by atoms with Crippen LogP contribution in [0.5, 0.6) is 0 Å². The molecule has 1 aromatic rings. The van der Waals surface area contributed by atoms with Crippen LogP contribution in [0.3, 0.4) is 0 Å². The molecule has 0 amide bonds. The summed E-state index contributed by atoms with van der Waals surface area (Å²) >= 11 is 0. The third-order valence-corrected chi connectivity index (χ3v) is 2.37. The van der Waals surface area contributed by atoms with Crippen molar-refractivity contribution in [2.45, 2.75) is 12.3 Å². The zero-order valence-electron chi connectivity index (χ0n) is 9.57. The molecule has 0 aliphatic heterocycles. The number of nitrogens with zero attached hydrogens (tertiary/aromatic N) is 1. The van der Waals surface area contributed by atoms with Crippen LogP contribution in [0.4, 0.5) is 8.78 Å². The number of alkyl halides is 2. The maximum absolute atomic E-state index is 13.7. The third kappa shape index (κ3) is 4.48. The predicted octanol–water partition coefficient (Wildman–Crippen LogP) is 2.18. The van der Waals surface area contributed by atoms with Gasteiger partial charge < -0.3 is 5.11 Å². The van der Waals surface area contributed by atoms with E-state index in [1.54, 1.807) is 18.2 Å². The van der Waals surface area contributed by atoms with Crippen molar-refractivity contribution in [3.05, 3.63) is 35.9 Å². The number of benzene rings is 1. The molecule has 0 heterocycles. The zero-order valence-corrected chi connectivity index (χ0v) is 9.57. The Morgan fingerprint density at radius 1 is 1.35 bits per heavy atom. The quantitative estimate of drug-likeness (QED) is 0.832. The van der Waals surface area contributed by atoms with Gasteiger partial charge in [-0.15, -0.1) is 0 Å². The van der Waals surface area contributed by atoms with Gasteiger partial charge in [-0.05, 0) is 7.05 Å². The van der Waals surface area contributed by atoms with Gasteiger partial charge in [0.05, 0.1) is 13.0 Å². The maximum atomic E-state index is 13.7. The van der Waals surface area contributed by atoms with Gasteiger partial charge in [0.2, 0.25) is 0 Å². The second kappa shape index (κ2) is 5.72. The standard InChI is InChI=1S/C12H15F2NO2/c1-15(8-7-11(16)17)9-12(13,14)10-5-3-2-4-6-10/h2-6H,7-9H2,1H3,(H,16,17). The number of likely N-dealkylation sites (N-methyl/N-ethyl adjacent to an activating group) is 1. The molecular formula is C12H15F2NO2. The van der Waals surface area contributed by atoms with Crippen molar-refractivity contribution in [1.82, 2.24) is 4.90 Å². The highest BCUT2D eigenvalue weighted by molar-refractivity contribution is 5.66. The Labute approximate surface area is 98.7 Å². The number of carboxylic acids is 1. The highest BCUT2D eigenvalue weighted by Crippen LogP contribution is 2.28. The Kier molecular flexibility index (Phi) is 4.57. The van der Waals surface area contributed by atoms with Crippen molar-refractivity contribution < 1.29 is 18.7 Å². The fourth-order valence-corrected chi connectivity index (χ4v) is 1.48. The molecule has 5 heteroatoms. The van der Waals surface area contributed by atoms with Crippen molar-refractivity contribution in [1.29, 1.82) is 0 Å². The Bertz CT molecular complexity index is 368. The summed E-state index contributed by atoms with van der Waals surface area (Å²) in [5.41, 5.74) is -0.0535. The number of carboxylic acid groups (broad SMARTS) is 1. The minimum atomic E-state index is -2.96. The van der Waals surface area contributed by atoms with Crippen molar-refractivity contribution >= 4 is 5.97 Å². The SMILES string of the molecule is CN(CCC(=O)O)CC(F)(F)c1ccccc1. The first kappa shape index (κ1) is 13.6. The first-order chi connectivity index (χ1) is 7.92. The number of hydrogen-bond donors (Lipinski definition) is 1. The topological polar surface area (TPSA) is 40.5 Å². The minimum absolute atomic E-state index is 0.0535. The van der Waals surface area contributed by atoms with E-state index in [-0.39, 0.29) is 18.5 Å². The first-order valence-electron chi connectivity index (χ1n) is 5.25. The van der Waals surface area contributed by atoms with Gasteiger partial charge in [-0.25, -0.2) is 0 Å². The van der Waals surface area contributed by atoms with E-state index in [4.69, 9.17) is 5.11 Å². The van der Waals surface area contributed by atoms with E-state index in [9.17, 15) is 13.6 Å². The van der Waals surface area contributed by atoms with Crippen LogP contribution in [-0.2, 0) is 10.7 Å². The van der Waals surface area contributed by atoms with E-state index >= 15 is 0 Å². The van der Waals surface area contributed by atoms with Crippen LogP contribution in [0.25, 0.3) is 0 Å². The van der Waals surface area contributed by atoms with Gasteiger partial charge in [-0.3, -0.25) is 9.69 Å². The molecule has 0 bridgehead atoms. The van der Waals surface area contributed by atoms with Gasteiger partial charge in [0.1, 0.15) is 0 Å². The van der Waals surface area contributed by atoms with Gasteiger partial charge in [0.15, 0.2) is 0 Å². The van der Waals surface area contributed by atoms with Crippen LogP contribution in [0.1, 0.15) is 12.0 Å². The molecule has 0 aliphatic rings. The summed E-state index contributed by atoms with van der Waals surface area (Å²) in [7, 11) is 1.49. The average Bonchev–Trinajstić information content (AvgIpc) is 2.27. The smallest absolute Gasteiger partial charge is 0.304 e. The largest absolute Gasteiger partial charge is 0.481 e. The van der Waals surface area contributed by atoms with Crippen LogP contribution >= 0.6 is 0 Å². The van der Waals surface area contributed by atoms with E-state index in [1.807, 2.05) is 0 Å². The first-order valence-corrected chi connectivity index (χ1v) is 5.25. The van der Waals surface area contributed by atoms with Gasteiger partial charge in [0, 0.05) is 12.1 Å². The average molecular weight is 243 g/mol. The Hall–Kier alpha value is -1.49. The summed E-state index contributed by atoms with van der Waals surface area (Å²) in [5.74, 6) is -3.95. The lowest BCUT2D eigenvalue weighted by Gasteiger charge is -2.23. The molecule has 0 saturated carbocycles. The molecule has 3 nitrogen and oxygen atoms in total. The predicted molar refractivity (Wildman–Crippen MR) is 60.1 cm³/mol. The molecule has 1 rings (SSSR count). The highest BCUT2D eigenvalue weighted by atomic mass is 19.3. The van der Waals surface area contributed by atoms with Gasteiger partial charge in [0.25, 0.3) is 5.92 Å². The van der Waals surface area contributed by atoms with E-state index in [0.29, 0.717) is 0 Å². The van der Waals surface area contributed by atoms with E-state index in [2.05, 4.69) is 0 Å². The Morgan fingerprint density at radius 3 is 2.47 bits per heavy atom. The molecule has 0 unspecified atom stereocenters. The molecule has 1 aromatic carbocycles. The molecule has 0 aromatic heterocycles. The molecule has 94 valence electrons. The van der Waals surface area contributed by atoms with Crippen LogP contribution in [0, 0.1) is 0 Å². The fourth-order valence-electron chi connectivity index (χ4n) is 1.48. The van der Waals surface area contributed by atoms with Crippen molar-refractivity contribution in [2.24, 2.45) is 0 Å². The molecule has 17 heavy (non-hydrogen) atoms. The summed E-state index contributed by atoms with van der Waals surface area (Å²) in [6, 6.07) is 7.52. The van der Waals surface area contributed by atoms with Crippen molar-refractivity contribution in [2.75, 3.05) is 20.1 Å². The van der Waals surface area contributed by atoms with E-state index < -0.39 is 18.4 Å². The fraction of sp³-hybridized carbons (Fsp3) is 0.417. The molecule has 0 saturated heterocycles. The van der Waals surface area contributed by atoms with Crippen LogP contribution in [0.2, 0.25) is 0 Å². The Balaban J connectivity index is 2.57. The van der Waals surface area contributed by atoms with Crippen LogP contribution in [-0.4, -0.2) is 36.1 Å². The zero-order chi connectivity index (χ0) is 12.9. The summed E-state index contributed by atoms with van der Waals surface area (Å²) in [5, 5.41) is 8.46. The molecular weight excluding hydrogens is 228 g/mol. The maximum Gasteiger partial charge on any atom is 0.304 e. The second-order valence-corrected chi connectivity index (χ2v) is 3.95. The lowest BCUT2D eigenvalue weighted by Crippen LogP contribution is -2.33. The van der Waals surface area contributed by atoms with E-state index in [1.165, 1.54) is 24.1 Å². The summed E-state index contributed by atoms with van der Waals surface area (Å²) in [4.78, 5) is 11.6. The third-order valence-electron chi connectivity index (χ3n) is 2.37. The monoisotopic (exact) mass is 243 g/mol. The molecule has 0 fully saturated rings. The normalized spacial score (nSPS) is 11.8. The molecule has 0 aliphatic carbocycles. The van der Waals surface area contributed by atoms with Crippen LogP contribution in [0.15, 0.2) is 30.3 Å². The lowest BCUT2D eigenvalue weighted by molar-refractivity contribution is -0.137.